The normalized spacial score (nSPS) is 11.5. The molecule has 0 spiro atoms. The maximum Gasteiger partial charge on any atom is 0.240 e. The molecule has 0 fully saturated rings. The summed E-state index contributed by atoms with van der Waals surface area (Å²) in [4.78, 5) is 3.91. The number of nitrogens with zero attached hydrogens (tertiary/aromatic N) is 1. The van der Waals surface area contributed by atoms with E-state index in [-0.39, 0.29) is 10.6 Å². The van der Waals surface area contributed by atoms with Gasteiger partial charge in [0.1, 0.15) is 10.7 Å². The van der Waals surface area contributed by atoms with Crippen molar-refractivity contribution in [2.45, 2.75) is 18.4 Å². The fourth-order valence-electron chi connectivity index (χ4n) is 1.60. The fraction of sp³-hybridized carbons (Fsp3) is 0.182. The van der Waals surface area contributed by atoms with Crippen LogP contribution in [0.2, 0.25) is 0 Å². The minimum atomic E-state index is -3.84. The lowest BCUT2D eigenvalue weighted by atomic mass is 10.2. The zero-order valence-electron chi connectivity index (χ0n) is 10.3. The highest BCUT2D eigenvalue weighted by atomic mass is 32.2. The Morgan fingerprint density at radius 3 is 2.74 bits per heavy atom. The summed E-state index contributed by atoms with van der Waals surface area (Å²) in [5.74, 6) is 1.18. The van der Waals surface area contributed by atoms with Crippen LogP contribution in [0.15, 0.2) is 33.7 Å². The van der Waals surface area contributed by atoms with Crippen molar-refractivity contribution < 1.29 is 12.8 Å². The van der Waals surface area contributed by atoms with Crippen molar-refractivity contribution >= 4 is 21.4 Å². The summed E-state index contributed by atoms with van der Waals surface area (Å²) in [5, 5.41) is 8.02. The summed E-state index contributed by atoms with van der Waals surface area (Å²) in [5.41, 5.74) is 6.30. The van der Waals surface area contributed by atoms with Gasteiger partial charge in [0.05, 0.1) is 24.1 Å². The molecule has 0 aliphatic carbocycles. The molecule has 1 aromatic heterocycles. The molecular formula is C11H14N4O3S. The van der Waals surface area contributed by atoms with E-state index in [9.17, 15) is 8.42 Å². The second kappa shape index (κ2) is 4.90. The van der Waals surface area contributed by atoms with E-state index in [2.05, 4.69) is 10.3 Å². The molecule has 0 atom stereocenters. The molecule has 0 radical (unpaired) electrons. The standard InChI is InChI=1S/C11H14N4O3S/c1-7-5-15-10(18-7)6-14-8-3-2-4-9(11(8)12)19(13,16)17/h2-5,14H,6,12H2,1H3,(H2,13,16,17). The van der Waals surface area contributed by atoms with Gasteiger partial charge < -0.3 is 15.5 Å². The van der Waals surface area contributed by atoms with Crippen molar-refractivity contribution in [2.75, 3.05) is 11.1 Å². The van der Waals surface area contributed by atoms with E-state index in [1.807, 2.05) is 0 Å². The number of para-hydroxylation sites is 1. The van der Waals surface area contributed by atoms with Crippen LogP contribution in [0.1, 0.15) is 11.7 Å². The maximum absolute atomic E-state index is 11.3. The lowest BCUT2D eigenvalue weighted by molar-refractivity contribution is 0.479. The molecule has 0 aliphatic rings. The summed E-state index contributed by atoms with van der Waals surface area (Å²) in [6.45, 7) is 2.08. The number of nitrogens with two attached hydrogens (primary N) is 2. The van der Waals surface area contributed by atoms with E-state index in [0.29, 0.717) is 23.9 Å². The first-order valence-electron chi connectivity index (χ1n) is 5.44. The van der Waals surface area contributed by atoms with E-state index >= 15 is 0 Å². The van der Waals surface area contributed by atoms with Gasteiger partial charge in [0.25, 0.3) is 0 Å². The van der Waals surface area contributed by atoms with E-state index in [0.717, 1.165) is 0 Å². The Bertz CT molecular complexity index is 694. The van der Waals surface area contributed by atoms with Gasteiger partial charge in [0, 0.05) is 0 Å². The van der Waals surface area contributed by atoms with Gasteiger partial charge in [-0.3, -0.25) is 0 Å². The number of aromatic nitrogens is 1. The molecule has 0 saturated carbocycles. The number of hydrogen-bond donors (Lipinski definition) is 3. The van der Waals surface area contributed by atoms with Crippen molar-refractivity contribution in [3.8, 4) is 0 Å². The number of anilines is 2. The van der Waals surface area contributed by atoms with Crippen LogP contribution in [0, 0.1) is 6.92 Å². The van der Waals surface area contributed by atoms with Crippen LogP contribution in [-0.2, 0) is 16.6 Å². The number of nitrogens with one attached hydrogen (secondary N) is 1. The number of oxazole rings is 1. The topological polar surface area (TPSA) is 124 Å². The quantitative estimate of drug-likeness (QED) is 0.713. The number of sulfonamides is 1. The molecule has 2 rings (SSSR count). The van der Waals surface area contributed by atoms with Crippen LogP contribution in [-0.4, -0.2) is 13.4 Å². The molecule has 0 amide bonds. The van der Waals surface area contributed by atoms with Gasteiger partial charge in [-0.1, -0.05) is 6.07 Å². The Balaban J connectivity index is 2.22. The summed E-state index contributed by atoms with van der Waals surface area (Å²) in [7, 11) is -3.84. The van der Waals surface area contributed by atoms with Crippen molar-refractivity contribution in [1.82, 2.24) is 4.98 Å². The van der Waals surface area contributed by atoms with E-state index in [1.165, 1.54) is 6.07 Å². The van der Waals surface area contributed by atoms with Gasteiger partial charge in [-0.2, -0.15) is 0 Å². The maximum atomic E-state index is 11.3. The predicted molar refractivity (Wildman–Crippen MR) is 70.8 cm³/mol. The molecule has 19 heavy (non-hydrogen) atoms. The molecular weight excluding hydrogens is 268 g/mol. The lowest BCUT2D eigenvalue weighted by Gasteiger charge is -2.10. The number of benzene rings is 1. The summed E-state index contributed by atoms with van der Waals surface area (Å²) >= 11 is 0. The Kier molecular flexibility index (Phi) is 3.45. The second-order valence-electron chi connectivity index (χ2n) is 3.98. The van der Waals surface area contributed by atoms with Crippen molar-refractivity contribution in [2.24, 2.45) is 5.14 Å². The first kappa shape index (κ1) is 13.4. The van der Waals surface area contributed by atoms with Gasteiger partial charge in [-0.15, -0.1) is 0 Å². The zero-order valence-corrected chi connectivity index (χ0v) is 11.1. The zero-order chi connectivity index (χ0) is 14.0. The summed E-state index contributed by atoms with van der Waals surface area (Å²) in [6, 6.07) is 4.56. The number of nitrogen functional groups attached to an aromatic ring is 1. The summed E-state index contributed by atoms with van der Waals surface area (Å²) < 4.78 is 27.9. The van der Waals surface area contributed by atoms with Gasteiger partial charge in [-0.25, -0.2) is 18.5 Å². The molecule has 0 unspecified atom stereocenters. The van der Waals surface area contributed by atoms with Crippen LogP contribution < -0.4 is 16.2 Å². The number of rotatable bonds is 4. The predicted octanol–water partition coefficient (Wildman–Crippen LogP) is 0.825. The molecule has 8 heteroatoms. The number of primary sulfonamides is 1. The Hall–Kier alpha value is -2.06. The average Bonchev–Trinajstić information content (AvgIpc) is 2.72. The second-order valence-corrected chi connectivity index (χ2v) is 5.51. The first-order valence-corrected chi connectivity index (χ1v) is 6.99. The minimum Gasteiger partial charge on any atom is -0.444 e. The molecule has 5 N–H and O–H groups in total. The van der Waals surface area contributed by atoms with Crippen LogP contribution in [0.25, 0.3) is 0 Å². The molecule has 2 aromatic rings. The SMILES string of the molecule is Cc1cnc(CNc2cccc(S(N)(=O)=O)c2N)o1. The number of hydrogen-bond acceptors (Lipinski definition) is 6. The van der Waals surface area contributed by atoms with Crippen molar-refractivity contribution in [3.05, 3.63) is 36.0 Å². The molecule has 0 saturated heterocycles. The van der Waals surface area contributed by atoms with Crippen LogP contribution in [0.3, 0.4) is 0 Å². The molecule has 0 aliphatic heterocycles. The molecule has 1 aromatic carbocycles. The minimum absolute atomic E-state index is 0.0771. The van der Waals surface area contributed by atoms with Gasteiger partial charge in [-0.05, 0) is 19.1 Å². The van der Waals surface area contributed by atoms with Crippen LogP contribution in [0.4, 0.5) is 11.4 Å². The Morgan fingerprint density at radius 2 is 2.16 bits per heavy atom. The van der Waals surface area contributed by atoms with Gasteiger partial charge in [0.2, 0.25) is 15.9 Å². The molecule has 7 nitrogen and oxygen atoms in total. The molecule has 102 valence electrons. The van der Waals surface area contributed by atoms with Crippen molar-refractivity contribution in [1.29, 1.82) is 0 Å². The molecule has 0 bridgehead atoms. The molecule has 1 heterocycles. The highest BCUT2D eigenvalue weighted by Crippen LogP contribution is 2.26. The largest absolute Gasteiger partial charge is 0.444 e. The third-order valence-corrected chi connectivity index (χ3v) is 3.44. The van der Waals surface area contributed by atoms with Crippen LogP contribution in [0.5, 0.6) is 0 Å². The van der Waals surface area contributed by atoms with Gasteiger partial charge in [0.15, 0.2) is 0 Å². The lowest BCUT2D eigenvalue weighted by Crippen LogP contribution is -2.15. The summed E-state index contributed by atoms with van der Waals surface area (Å²) in [6.07, 6.45) is 1.60. The third kappa shape index (κ3) is 3.04. The smallest absolute Gasteiger partial charge is 0.240 e. The number of aryl methyl sites for hydroxylation is 1. The Labute approximate surface area is 110 Å². The fourth-order valence-corrected chi connectivity index (χ4v) is 2.29. The monoisotopic (exact) mass is 282 g/mol. The Morgan fingerprint density at radius 1 is 1.42 bits per heavy atom. The van der Waals surface area contributed by atoms with E-state index < -0.39 is 10.0 Å². The average molecular weight is 282 g/mol. The van der Waals surface area contributed by atoms with Crippen molar-refractivity contribution in [3.63, 3.8) is 0 Å². The van der Waals surface area contributed by atoms with Gasteiger partial charge >= 0.3 is 0 Å². The first-order chi connectivity index (χ1) is 8.88. The van der Waals surface area contributed by atoms with Crippen LogP contribution >= 0.6 is 0 Å². The third-order valence-electron chi connectivity index (χ3n) is 2.47. The highest BCUT2D eigenvalue weighted by Gasteiger charge is 2.14. The van der Waals surface area contributed by atoms with E-state index in [1.54, 1.807) is 25.3 Å². The van der Waals surface area contributed by atoms with E-state index in [4.69, 9.17) is 15.3 Å². The highest BCUT2D eigenvalue weighted by molar-refractivity contribution is 7.89.